The molecule has 5 nitrogen and oxygen atoms in total. The number of carbonyl (C=O) groups is 1. The molecule has 1 unspecified atom stereocenters. The van der Waals surface area contributed by atoms with Crippen LogP contribution in [0.5, 0.6) is 0 Å². The van der Waals surface area contributed by atoms with Gasteiger partial charge in [0.25, 0.3) is 5.91 Å². The summed E-state index contributed by atoms with van der Waals surface area (Å²) in [5.74, 6) is 0.798. The minimum atomic E-state index is -0.155. The van der Waals surface area contributed by atoms with Gasteiger partial charge in [0.05, 0.1) is 13.1 Å². The highest BCUT2D eigenvalue weighted by molar-refractivity contribution is 5.79. The normalized spacial score (nSPS) is 13.3. The van der Waals surface area contributed by atoms with Crippen LogP contribution in [0.1, 0.15) is 24.3 Å². The summed E-state index contributed by atoms with van der Waals surface area (Å²) < 4.78 is 5.84. The van der Waals surface area contributed by atoms with Gasteiger partial charge >= 0.3 is 0 Å². The van der Waals surface area contributed by atoms with Gasteiger partial charge in [-0.25, -0.2) is 0 Å². The van der Waals surface area contributed by atoms with E-state index < -0.39 is 0 Å². The van der Waals surface area contributed by atoms with Crippen LogP contribution >= 0.6 is 0 Å². The lowest BCUT2D eigenvalue weighted by molar-refractivity contribution is -0.885. The van der Waals surface area contributed by atoms with Crippen LogP contribution in [0.2, 0.25) is 0 Å². The molecule has 0 aliphatic heterocycles. The molecule has 1 heterocycles. The third kappa shape index (κ3) is 4.89. The Morgan fingerprint density at radius 3 is 2.52 bits per heavy atom. The van der Waals surface area contributed by atoms with Crippen molar-refractivity contribution in [3.8, 4) is 0 Å². The van der Waals surface area contributed by atoms with E-state index in [1.54, 1.807) is 0 Å². The van der Waals surface area contributed by atoms with E-state index in [1.165, 1.54) is 11.3 Å². The van der Waals surface area contributed by atoms with Crippen LogP contribution in [0.25, 0.3) is 11.0 Å². The molecule has 0 radical (unpaired) electrons. The lowest BCUT2D eigenvalue weighted by Crippen LogP contribution is -3.08. The highest BCUT2D eigenvalue weighted by Crippen LogP contribution is 2.23. The summed E-state index contributed by atoms with van der Waals surface area (Å²) in [4.78, 5) is 15.6. The standard InChI is InChI=1S/C22H27N3O2/c1-16(21-13-18-7-5-6-8-20(18)27-21)23-22(26)15-25(4)14-17-9-11-19(12-10-17)24(2)3/h5-13,16H,14-15H2,1-4H3,(H,23,26)/p+1/t16-/m1/s1. The first-order chi connectivity index (χ1) is 12.9. The van der Waals surface area contributed by atoms with Gasteiger partial charge in [-0.15, -0.1) is 0 Å². The number of fused-ring (bicyclic) bond motifs is 1. The summed E-state index contributed by atoms with van der Waals surface area (Å²) in [6.45, 7) is 3.17. The Kier molecular flexibility index (Phi) is 5.81. The van der Waals surface area contributed by atoms with Crippen molar-refractivity contribution in [1.82, 2.24) is 5.32 Å². The molecular formula is C22H28N3O2+. The summed E-state index contributed by atoms with van der Waals surface area (Å²) >= 11 is 0. The quantitative estimate of drug-likeness (QED) is 0.675. The van der Waals surface area contributed by atoms with Crippen molar-refractivity contribution in [3.05, 3.63) is 65.9 Å². The Morgan fingerprint density at radius 1 is 1.15 bits per heavy atom. The smallest absolute Gasteiger partial charge is 0.275 e. The first-order valence-electron chi connectivity index (χ1n) is 9.28. The predicted octanol–water partition coefficient (Wildman–Crippen LogP) is 2.39. The van der Waals surface area contributed by atoms with Crippen LogP contribution in [0.15, 0.2) is 59.0 Å². The van der Waals surface area contributed by atoms with E-state index in [0.29, 0.717) is 6.54 Å². The van der Waals surface area contributed by atoms with Crippen LogP contribution in [0.4, 0.5) is 5.69 Å². The van der Waals surface area contributed by atoms with Gasteiger partial charge in [-0.05, 0) is 31.2 Å². The number of anilines is 1. The number of nitrogens with zero attached hydrogens (tertiary/aromatic N) is 1. The molecule has 0 spiro atoms. The highest BCUT2D eigenvalue weighted by atomic mass is 16.3. The molecule has 142 valence electrons. The third-order valence-electron chi connectivity index (χ3n) is 4.67. The van der Waals surface area contributed by atoms with Crippen molar-refractivity contribution >= 4 is 22.6 Å². The predicted molar refractivity (Wildman–Crippen MR) is 109 cm³/mol. The van der Waals surface area contributed by atoms with Crippen LogP contribution in [-0.4, -0.2) is 33.6 Å². The van der Waals surface area contributed by atoms with E-state index in [4.69, 9.17) is 4.42 Å². The average molecular weight is 366 g/mol. The molecule has 0 aliphatic carbocycles. The molecular weight excluding hydrogens is 338 g/mol. The summed E-state index contributed by atoms with van der Waals surface area (Å²) in [6, 6.07) is 18.2. The zero-order valence-electron chi connectivity index (χ0n) is 16.5. The number of likely N-dealkylation sites (N-methyl/N-ethyl adjacent to an activating group) is 1. The van der Waals surface area contributed by atoms with Gasteiger partial charge < -0.3 is 19.5 Å². The highest BCUT2D eigenvalue weighted by Gasteiger charge is 2.17. The number of quaternary nitrogens is 1. The van der Waals surface area contributed by atoms with Crippen molar-refractivity contribution < 1.29 is 14.1 Å². The van der Waals surface area contributed by atoms with Gasteiger partial charge in [-0.2, -0.15) is 0 Å². The Morgan fingerprint density at radius 2 is 1.85 bits per heavy atom. The maximum absolute atomic E-state index is 12.4. The van der Waals surface area contributed by atoms with Crippen LogP contribution < -0.4 is 15.1 Å². The maximum Gasteiger partial charge on any atom is 0.275 e. The average Bonchev–Trinajstić information content (AvgIpc) is 3.06. The fourth-order valence-corrected chi connectivity index (χ4v) is 3.18. The molecule has 0 saturated heterocycles. The molecule has 2 atom stereocenters. The molecule has 2 N–H and O–H groups in total. The van der Waals surface area contributed by atoms with E-state index in [2.05, 4.69) is 34.5 Å². The number of hydrogen-bond donors (Lipinski definition) is 2. The molecule has 1 amide bonds. The Bertz CT molecular complexity index is 866. The summed E-state index contributed by atoms with van der Waals surface area (Å²) in [5, 5.41) is 4.09. The topological polar surface area (TPSA) is 49.9 Å². The number of para-hydroxylation sites is 1. The van der Waals surface area contributed by atoms with Gasteiger partial charge in [0.1, 0.15) is 17.9 Å². The van der Waals surface area contributed by atoms with E-state index in [9.17, 15) is 4.79 Å². The molecule has 3 aromatic rings. The van der Waals surface area contributed by atoms with E-state index in [1.807, 2.05) is 58.4 Å². The first-order valence-corrected chi connectivity index (χ1v) is 9.28. The number of nitrogens with one attached hydrogen (secondary N) is 2. The zero-order valence-corrected chi connectivity index (χ0v) is 16.5. The minimum absolute atomic E-state index is 0.0189. The van der Waals surface area contributed by atoms with Gasteiger partial charge in [0.15, 0.2) is 6.54 Å². The Balaban J connectivity index is 1.53. The maximum atomic E-state index is 12.4. The second kappa shape index (κ2) is 8.27. The number of amides is 1. The molecule has 0 fully saturated rings. The fraction of sp³-hybridized carbons (Fsp3) is 0.318. The van der Waals surface area contributed by atoms with Crippen molar-refractivity contribution in [3.63, 3.8) is 0 Å². The second-order valence-corrected chi connectivity index (χ2v) is 7.35. The van der Waals surface area contributed by atoms with Crippen molar-refractivity contribution in [1.29, 1.82) is 0 Å². The molecule has 2 aromatic carbocycles. The van der Waals surface area contributed by atoms with Gasteiger partial charge in [-0.1, -0.05) is 30.3 Å². The number of rotatable bonds is 7. The fourth-order valence-electron chi connectivity index (χ4n) is 3.18. The largest absolute Gasteiger partial charge is 0.459 e. The van der Waals surface area contributed by atoms with Gasteiger partial charge in [0.2, 0.25) is 0 Å². The number of benzene rings is 2. The molecule has 0 aliphatic rings. The monoisotopic (exact) mass is 366 g/mol. The number of furan rings is 1. The summed E-state index contributed by atoms with van der Waals surface area (Å²) in [7, 11) is 6.09. The zero-order chi connectivity index (χ0) is 19.4. The Hall–Kier alpha value is -2.79. The summed E-state index contributed by atoms with van der Waals surface area (Å²) in [6.07, 6.45) is 0. The third-order valence-corrected chi connectivity index (χ3v) is 4.67. The minimum Gasteiger partial charge on any atom is -0.459 e. The molecule has 0 saturated carbocycles. The lowest BCUT2D eigenvalue weighted by Gasteiger charge is -2.17. The van der Waals surface area contributed by atoms with Crippen molar-refractivity contribution in [2.75, 3.05) is 32.6 Å². The molecule has 1 aromatic heterocycles. The lowest BCUT2D eigenvalue weighted by atomic mass is 10.2. The number of hydrogen-bond acceptors (Lipinski definition) is 3. The van der Waals surface area contributed by atoms with Crippen LogP contribution in [0.3, 0.4) is 0 Å². The van der Waals surface area contributed by atoms with E-state index in [-0.39, 0.29) is 11.9 Å². The molecule has 3 rings (SSSR count). The molecule has 5 heteroatoms. The van der Waals surface area contributed by atoms with E-state index in [0.717, 1.165) is 28.2 Å². The molecule has 27 heavy (non-hydrogen) atoms. The van der Waals surface area contributed by atoms with Gasteiger partial charge in [0, 0.05) is 30.7 Å². The molecule has 0 bridgehead atoms. The number of carbonyl (C=O) groups excluding carboxylic acids is 1. The van der Waals surface area contributed by atoms with Crippen molar-refractivity contribution in [2.24, 2.45) is 0 Å². The first kappa shape index (κ1) is 19.0. The van der Waals surface area contributed by atoms with Crippen LogP contribution in [0, 0.1) is 0 Å². The Labute approximate surface area is 160 Å². The van der Waals surface area contributed by atoms with Gasteiger partial charge in [-0.3, -0.25) is 4.79 Å². The van der Waals surface area contributed by atoms with Crippen molar-refractivity contribution in [2.45, 2.75) is 19.5 Å². The SMILES string of the molecule is C[C@@H](NC(=O)C[NH+](C)Cc1ccc(N(C)C)cc1)c1cc2ccccc2o1. The summed E-state index contributed by atoms with van der Waals surface area (Å²) in [5.41, 5.74) is 3.24. The van der Waals surface area contributed by atoms with E-state index >= 15 is 0 Å². The van der Waals surface area contributed by atoms with Crippen LogP contribution in [-0.2, 0) is 11.3 Å². The second-order valence-electron chi connectivity index (χ2n) is 7.35.